The van der Waals surface area contributed by atoms with Crippen LogP contribution in [0.5, 0.6) is 0 Å². The van der Waals surface area contributed by atoms with Crippen LogP contribution in [0.4, 0.5) is 0 Å². The summed E-state index contributed by atoms with van der Waals surface area (Å²) in [5.41, 5.74) is 3.20. The van der Waals surface area contributed by atoms with Crippen LogP contribution in [0.25, 0.3) is 0 Å². The molecule has 1 amide bonds. The van der Waals surface area contributed by atoms with E-state index in [9.17, 15) is 4.79 Å². The van der Waals surface area contributed by atoms with Crippen molar-refractivity contribution in [1.82, 2.24) is 5.01 Å². The third-order valence-electron chi connectivity index (χ3n) is 5.31. The molecule has 0 saturated carbocycles. The SMILES string of the molecule is Cc1ccc(C2=NN(C(=O)CC[NH+]3CCOCC3)[C@@H](c3ccco3)C2)cc1. The topological polar surface area (TPSA) is 59.5 Å². The third-order valence-corrected chi connectivity index (χ3v) is 5.31. The number of aryl methyl sites for hydroxylation is 1. The molecule has 2 aromatic rings. The van der Waals surface area contributed by atoms with Crippen molar-refractivity contribution in [2.24, 2.45) is 5.10 Å². The summed E-state index contributed by atoms with van der Waals surface area (Å²) >= 11 is 0. The minimum Gasteiger partial charge on any atom is -0.467 e. The van der Waals surface area contributed by atoms with E-state index in [1.807, 2.05) is 12.1 Å². The number of hydrogen-bond acceptors (Lipinski definition) is 4. The van der Waals surface area contributed by atoms with E-state index in [-0.39, 0.29) is 11.9 Å². The Hall–Kier alpha value is -2.44. The average Bonchev–Trinajstić information content (AvgIpc) is 3.37. The minimum atomic E-state index is -0.163. The first-order valence-electron chi connectivity index (χ1n) is 9.62. The van der Waals surface area contributed by atoms with Gasteiger partial charge in [0, 0.05) is 6.42 Å². The number of morpholine rings is 1. The van der Waals surface area contributed by atoms with E-state index in [1.165, 1.54) is 10.5 Å². The zero-order valence-corrected chi connectivity index (χ0v) is 15.7. The van der Waals surface area contributed by atoms with Gasteiger partial charge < -0.3 is 14.1 Å². The normalized spacial score (nSPS) is 20.7. The molecule has 6 nitrogen and oxygen atoms in total. The van der Waals surface area contributed by atoms with E-state index in [0.717, 1.165) is 49.9 Å². The monoisotopic (exact) mass is 368 g/mol. The van der Waals surface area contributed by atoms with Gasteiger partial charge in [-0.25, -0.2) is 5.01 Å². The summed E-state index contributed by atoms with van der Waals surface area (Å²) in [6, 6.07) is 11.9. The molecule has 27 heavy (non-hydrogen) atoms. The number of ether oxygens (including phenoxy) is 1. The van der Waals surface area contributed by atoms with Crippen LogP contribution in [-0.2, 0) is 9.53 Å². The maximum atomic E-state index is 13.0. The van der Waals surface area contributed by atoms with Gasteiger partial charge in [0.05, 0.1) is 38.2 Å². The van der Waals surface area contributed by atoms with Crippen molar-refractivity contribution in [3.8, 4) is 0 Å². The van der Waals surface area contributed by atoms with Crippen LogP contribution in [0.3, 0.4) is 0 Å². The zero-order chi connectivity index (χ0) is 18.6. The molecule has 1 saturated heterocycles. The van der Waals surface area contributed by atoms with Crippen molar-refractivity contribution in [1.29, 1.82) is 0 Å². The Bertz CT molecular complexity index is 793. The molecule has 0 radical (unpaired) electrons. The number of nitrogens with one attached hydrogen (secondary N) is 1. The Kier molecular flexibility index (Phi) is 5.36. The summed E-state index contributed by atoms with van der Waals surface area (Å²) in [5, 5.41) is 6.33. The van der Waals surface area contributed by atoms with E-state index in [0.29, 0.717) is 12.8 Å². The highest BCUT2D eigenvalue weighted by Crippen LogP contribution is 2.33. The lowest BCUT2D eigenvalue weighted by atomic mass is 10.0. The number of benzene rings is 1. The maximum Gasteiger partial charge on any atom is 0.249 e. The van der Waals surface area contributed by atoms with Gasteiger partial charge in [0.1, 0.15) is 24.9 Å². The fourth-order valence-corrected chi connectivity index (χ4v) is 3.67. The molecule has 4 rings (SSSR count). The van der Waals surface area contributed by atoms with Gasteiger partial charge in [0.2, 0.25) is 5.91 Å². The van der Waals surface area contributed by atoms with Crippen LogP contribution in [-0.4, -0.2) is 49.5 Å². The first kappa shape index (κ1) is 17.9. The molecule has 2 aliphatic heterocycles. The summed E-state index contributed by atoms with van der Waals surface area (Å²) in [6.45, 7) is 6.37. The molecular weight excluding hydrogens is 342 g/mol. The second-order valence-corrected chi connectivity index (χ2v) is 7.25. The van der Waals surface area contributed by atoms with Crippen LogP contribution >= 0.6 is 0 Å². The molecule has 3 heterocycles. The Balaban J connectivity index is 1.50. The number of furan rings is 1. The van der Waals surface area contributed by atoms with Crippen molar-refractivity contribution >= 4 is 11.6 Å². The average molecular weight is 368 g/mol. The lowest BCUT2D eigenvalue weighted by Gasteiger charge is -2.25. The van der Waals surface area contributed by atoms with Crippen molar-refractivity contribution in [3.63, 3.8) is 0 Å². The fourth-order valence-electron chi connectivity index (χ4n) is 3.67. The lowest BCUT2D eigenvalue weighted by Crippen LogP contribution is -3.14. The molecule has 0 spiro atoms. The first-order valence-corrected chi connectivity index (χ1v) is 9.62. The van der Waals surface area contributed by atoms with Crippen LogP contribution in [0.15, 0.2) is 52.2 Å². The van der Waals surface area contributed by atoms with Gasteiger partial charge >= 0.3 is 0 Å². The van der Waals surface area contributed by atoms with E-state index in [4.69, 9.17) is 14.3 Å². The molecule has 0 bridgehead atoms. The predicted octanol–water partition coefficient (Wildman–Crippen LogP) is 1.57. The molecule has 1 aromatic carbocycles. The summed E-state index contributed by atoms with van der Waals surface area (Å²) in [7, 11) is 0. The molecule has 0 aliphatic carbocycles. The largest absolute Gasteiger partial charge is 0.467 e. The van der Waals surface area contributed by atoms with Crippen LogP contribution in [0.1, 0.15) is 35.8 Å². The molecular formula is C21H26N3O3+. The van der Waals surface area contributed by atoms with Crippen LogP contribution in [0.2, 0.25) is 0 Å². The van der Waals surface area contributed by atoms with E-state index < -0.39 is 0 Å². The van der Waals surface area contributed by atoms with E-state index in [1.54, 1.807) is 11.3 Å². The Morgan fingerprint density at radius 2 is 2.00 bits per heavy atom. The van der Waals surface area contributed by atoms with Gasteiger partial charge in [0.25, 0.3) is 0 Å². The molecule has 142 valence electrons. The predicted molar refractivity (Wildman–Crippen MR) is 102 cm³/mol. The third kappa shape index (κ3) is 4.12. The number of nitrogens with zero attached hydrogens (tertiary/aromatic N) is 2. The summed E-state index contributed by atoms with van der Waals surface area (Å²) in [6.07, 6.45) is 2.81. The van der Waals surface area contributed by atoms with Gasteiger partial charge in [-0.2, -0.15) is 5.10 Å². The van der Waals surface area contributed by atoms with Crippen LogP contribution < -0.4 is 4.90 Å². The van der Waals surface area contributed by atoms with Gasteiger partial charge in [-0.1, -0.05) is 29.8 Å². The first-order chi connectivity index (χ1) is 13.2. The smallest absolute Gasteiger partial charge is 0.249 e. The highest BCUT2D eigenvalue weighted by Gasteiger charge is 2.35. The number of carbonyl (C=O) groups is 1. The second kappa shape index (κ2) is 8.06. The summed E-state index contributed by atoms with van der Waals surface area (Å²) in [4.78, 5) is 14.4. The van der Waals surface area contributed by atoms with Crippen molar-refractivity contribution < 1.29 is 18.8 Å². The number of rotatable bonds is 5. The number of amides is 1. The molecule has 2 aliphatic rings. The van der Waals surface area contributed by atoms with Crippen molar-refractivity contribution in [2.45, 2.75) is 25.8 Å². The quantitative estimate of drug-likeness (QED) is 0.872. The number of quaternary nitrogens is 1. The number of hydrogen-bond donors (Lipinski definition) is 1. The highest BCUT2D eigenvalue weighted by molar-refractivity contribution is 6.03. The van der Waals surface area contributed by atoms with E-state index in [2.05, 4.69) is 31.2 Å². The van der Waals surface area contributed by atoms with Gasteiger partial charge in [-0.15, -0.1) is 0 Å². The molecule has 1 N–H and O–H groups in total. The number of hydrazone groups is 1. The minimum absolute atomic E-state index is 0.0532. The molecule has 0 unspecified atom stereocenters. The maximum absolute atomic E-state index is 13.0. The van der Waals surface area contributed by atoms with Gasteiger partial charge in [-0.3, -0.25) is 4.79 Å². The highest BCUT2D eigenvalue weighted by atomic mass is 16.5. The molecule has 1 atom stereocenters. The fraction of sp³-hybridized carbons (Fsp3) is 0.429. The summed E-state index contributed by atoms with van der Waals surface area (Å²) in [5.74, 6) is 0.838. The lowest BCUT2D eigenvalue weighted by molar-refractivity contribution is -0.907. The standard InChI is InChI=1S/C21H25N3O3/c1-16-4-6-17(7-5-16)18-15-19(20-3-2-12-27-20)24(22-18)21(25)8-9-23-10-13-26-14-11-23/h2-7,12,19H,8-11,13-15H2,1H3/p+1/t19-/m1/s1. The van der Waals surface area contributed by atoms with E-state index >= 15 is 0 Å². The Morgan fingerprint density at radius 1 is 1.22 bits per heavy atom. The van der Waals surface area contributed by atoms with Crippen molar-refractivity contribution in [3.05, 3.63) is 59.5 Å². The molecule has 6 heteroatoms. The van der Waals surface area contributed by atoms with Gasteiger partial charge in [0.15, 0.2) is 0 Å². The zero-order valence-electron chi connectivity index (χ0n) is 15.7. The van der Waals surface area contributed by atoms with Crippen molar-refractivity contribution in [2.75, 3.05) is 32.8 Å². The number of carbonyl (C=O) groups excluding carboxylic acids is 1. The second-order valence-electron chi connectivity index (χ2n) is 7.25. The van der Waals surface area contributed by atoms with Crippen LogP contribution in [0, 0.1) is 6.92 Å². The summed E-state index contributed by atoms with van der Waals surface area (Å²) < 4.78 is 11.0. The van der Waals surface area contributed by atoms with Gasteiger partial charge in [-0.05, 0) is 24.6 Å². The molecule has 1 aromatic heterocycles. The Labute approximate surface area is 159 Å². The Morgan fingerprint density at radius 3 is 2.70 bits per heavy atom. The molecule has 1 fully saturated rings.